The lowest BCUT2D eigenvalue weighted by molar-refractivity contribution is -0.124. The highest BCUT2D eigenvalue weighted by atomic mass is 79.9. The lowest BCUT2D eigenvalue weighted by atomic mass is 9.88. The normalized spacial score (nSPS) is 19.7. The molecule has 0 aromatic heterocycles. The Morgan fingerprint density at radius 1 is 0.328 bits per heavy atom. The predicted octanol–water partition coefficient (Wildman–Crippen LogP) is 8.82. The Morgan fingerprint density at radius 3 is 0.828 bits per heavy atom. The molecule has 0 aliphatic carbocycles. The Hall–Kier alpha value is 0.960. The van der Waals surface area contributed by atoms with Crippen molar-refractivity contribution >= 4 is 47.8 Å². The smallest absolute Gasteiger partial charge is 0.0807 e. The summed E-state index contributed by atoms with van der Waals surface area (Å²) in [4.78, 5) is 0.922. The van der Waals surface area contributed by atoms with Crippen molar-refractivity contribution in [2.24, 2.45) is 5.41 Å². The van der Waals surface area contributed by atoms with Gasteiger partial charge >= 0.3 is 0 Å². The molecule has 0 heterocycles. The molecule has 0 aromatic carbocycles. The summed E-state index contributed by atoms with van der Waals surface area (Å²) in [5.74, 6) is 0. The molecule has 58 heavy (non-hydrogen) atoms. The molecule has 12 atom stereocenters. The third-order valence-electron chi connectivity index (χ3n) is 8.91. The number of ether oxygens (including phenoxy) is 12. The van der Waals surface area contributed by atoms with Crippen molar-refractivity contribution in [2.45, 2.75) is 172 Å². The van der Waals surface area contributed by atoms with Crippen molar-refractivity contribution in [1.82, 2.24) is 0 Å². The van der Waals surface area contributed by atoms with Crippen molar-refractivity contribution in [3.63, 3.8) is 0 Å². The lowest BCUT2D eigenvalue weighted by Crippen LogP contribution is -2.39. The zero-order valence-electron chi connectivity index (χ0n) is 38.5. The van der Waals surface area contributed by atoms with Crippen LogP contribution >= 0.6 is 47.8 Å². The van der Waals surface area contributed by atoms with E-state index < -0.39 is 0 Å². The van der Waals surface area contributed by atoms with Crippen LogP contribution in [0.15, 0.2) is 0 Å². The highest BCUT2D eigenvalue weighted by Gasteiger charge is 2.31. The van der Waals surface area contributed by atoms with E-state index in [-0.39, 0.29) is 60.4 Å². The first-order chi connectivity index (χ1) is 27.4. The molecule has 0 amide bonds. The molecule has 0 saturated carbocycles. The molecule has 12 unspecified atom stereocenters. The average molecular weight is 1030 g/mol. The number of hydrogen-bond acceptors (Lipinski definition) is 12. The van der Waals surface area contributed by atoms with Crippen LogP contribution in [-0.2, 0) is 56.8 Å². The Bertz CT molecular complexity index is 880. The van der Waals surface area contributed by atoms with Crippen molar-refractivity contribution in [3.8, 4) is 0 Å². The molecule has 0 N–H and O–H groups in total. The monoisotopic (exact) mass is 1030 g/mol. The molecule has 0 aliphatic rings. The fourth-order valence-corrected chi connectivity index (χ4v) is 5.51. The van der Waals surface area contributed by atoms with Gasteiger partial charge in [0.05, 0.1) is 154 Å². The van der Waals surface area contributed by atoms with E-state index in [1.54, 1.807) is 0 Å². The van der Waals surface area contributed by atoms with Crippen LogP contribution in [0.1, 0.15) is 103 Å². The summed E-state index contributed by atoms with van der Waals surface area (Å²) in [6.45, 7) is 34.1. The third-order valence-corrected chi connectivity index (χ3v) is 9.71. The summed E-state index contributed by atoms with van der Waals surface area (Å²) in [6, 6.07) is 0. The number of rotatable bonds is 41. The molecule has 0 rings (SSSR count). The number of hydrogen-bond donors (Lipinski definition) is 0. The number of halogens is 3. The summed E-state index contributed by atoms with van der Waals surface area (Å²) in [5.41, 5.74) is -0.380. The summed E-state index contributed by atoms with van der Waals surface area (Å²) >= 11 is 10.5. The topological polar surface area (TPSA) is 111 Å². The van der Waals surface area contributed by atoms with Crippen LogP contribution < -0.4 is 0 Å². The Balaban J connectivity index is 5.11. The van der Waals surface area contributed by atoms with Crippen LogP contribution in [0.5, 0.6) is 0 Å². The van der Waals surface area contributed by atoms with Crippen molar-refractivity contribution in [2.75, 3.05) is 99.1 Å². The van der Waals surface area contributed by atoms with Crippen LogP contribution in [0, 0.1) is 5.41 Å². The Labute approximate surface area is 379 Å². The Morgan fingerprint density at radius 2 is 0.569 bits per heavy atom. The maximum Gasteiger partial charge on any atom is 0.0807 e. The quantitative estimate of drug-likeness (QED) is 0.0546. The van der Waals surface area contributed by atoms with E-state index in [1.165, 1.54) is 0 Å². The predicted molar refractivity (Wildman–Crippen MR) is 244 cm³/mol. The fraction of sp³-hybridized carbons (Fsp3) is 1.00. The van der Waals surface area contributed by atoms with Crippen molar-refractivity contribution in [1.29, 1.82) is 0 Å². The van der Waals surface area contributed by atoms with Gasteiger partial charge in [0.1, 0.15) is 0 Å². The average Bonchev–Trinajstić information content (AvgIpc) is 3.18. The zero-order chi connectivity index (χ0) is 43.9. The molecular formula is C43H85Br3O12. The van der Waals surface area contributed by atoms with Crippen LogP contribution in [0.3, 0.4) is 0 Å². The van der Waals surface area contributed by atoms with Crippen LogP contribution in [0.4, 0.5) is 0 Å². The standard InChI is InChI=1S/C43H85Br3O12/c1-14-42(58-26-41(13)57-23-38(10)52-18-33(5)46)27-49-30-43(15-2,28-47-19-34(6)53-24-39(11)55-21-36(8)50-16-31(3)44)29-48-20-35(7)54-25-40(12)56-22-37(9)51-17-32(4)45/h31-42H,14-30H2,1-13H3. The van der Waals surface area contributed by atoms with Crippen molar-refractivity contribution in [3.05, 3.63) is 0 Å². The number of alkyl halides is 3. The van der Waals surface area contributed by atoms with Gasteiger partial charge in [-0.15, -0.1) is 0 Å². The molecule has 0 bridgehead atoms. The highest BCUT2D eigenvalue weighted by molar-refractivity contribution is 9.10. The van der Waals surface area contributed by atoms with Crippen LogP contribution in [0.2, 0.25) is 0 Å². The maximum absolute atomic E-state index is 6.38. The van der Waals surface area contributed by atoms with Crippen LogP contribution in [-0.4, -0.2) is 169 Å². The zero-order valence-corrected chi connectivity index (χ0v) is 43.2. The van der Waals surface area contributed by atoms with Gasteiger partial charge in [-0.05, 0) is 68.2 Å². The van der Waals surface area contributed by atoms with E-state index >= 15 is 0 Å². The molecule has 0 spiro atoms. The molecule has 12 nitrogen and oxygen atoms in total. The SMILES string of the molecule is CCC(COCC(CC)(COCC(C)OCC(C)OCC(C)OCC(C)Br)COCC(C)OCC(C)OCC(C)OCC(C)Br)OCC(C)OCC(C)OCC(C)Br. The summed E-state index contributed by atoms with van der Waals surface area (Å²) < 4.78 is 72.6. The largest absolute Gasteiger partial charge is 0.378 e. The third kappa shape index (κ3) is 34.4. The molecule has 0 aromatic rings. The van der Waals surface area contributed by atoms with Gasteiger partial charge in [-0.25, -0.2) is 0 Å². The second kappa shape index (κ2) is 36.3. The van der Waals surface area contributed by atoms with Gasteiger partial charge in [0.2, 0.25) is 0 Å². The molecule has 0 saturated heterocycles. The second-order valence-electron chi connectivity index (χ2n) is 16.3. The van der Waals surface area contributed by atoms with Gasteiger partial charge in [-0.1, -0.05) is 82.4 Å². The minimum Gasteiger partial charge on any atom is -0.378 e. The molecule has 15 heteroatoms. The highest BCUT2D eigenvalue weighted by Crippen LogP contribution is 2.25. The van der Waals surface area contributed by atoms with Gasteiger partial charge in [0.15, 0.2) is 0 Å². The first kappa shape index (κ1) is 59.0. The van der Waals surface area contributed by atoms with Gasteiger partial charge in [0, 0.05) is 19.9 Å². The van der Waals surface area contributed by atoms with Gasteiger partial charge < -0.3 is 56.8 Å². The van der Waals surface area contributed by atoms with Gasteiger partial charge in [-0.3, -0.25) is 0 Å². The summed E-state index contributed by atoms with van der Waals surface area (Å²) in [6.07, 6.45) is 1.17. The first-order valence-electron chi connectivity index (χ1n) is 21.6. The van der Waals surface area contributed by atoms with Gasteiger partial charge in [0.25, 0.3) is 0 Å². The minimum atomic E-state index is -0.380. The maximum atomic E-state index is 6.38. The second-order valence-corrected chi connectivity index (χ2v) is 20.9. The van der Waals surface area contributed by atoms with E-state index in [9.17, 15) is 0 Å². The van der Waals surface area contributed by atoms with E-state index in [4.69, 9.17) is 56.8 Å². The fourth-order valence-electron chi connectivity index (χ4n) is 5.05. The van der Waals surface area contributed by atoms with E-state index in [1.807, 2.05) is 55.4 Å². The van der Waals surface area contributed by atoms with Gasteiger partial charge in [-0.2, -0.15) is 0 Å². The Kier molecular flexibility index (Phi) is 36.9. The summed E-state index contributed by atoms with van der Waals surface area (Å²) in [7, 11) is 0. The van der Waals surface area contributed by atoms with E-state index in [0.29, 0.717) is 114 Å². The lowest BCUT2D eigenvalue weighted by Gasteiger charge is -2.33. The first-order valence-corrected chi connectivity index (χ1v) is 24.3. The van der Waals surface area contributed by atoms with E-state index in [2.05, 4.69) is 82.4 Å². The minimum absolute atomic E-state index is 0.0125. The summed E-state index contributed by atoms with van der Waals surface area (Å²) in [5, 5.41) is 0. The molecule has 0 radical (unpaired) electrons. The van der Waals surface area contributed by atoms with Crippen LogP contribution in [0.25, 0.3) is 0 Å². The molecule has 0 aliphatic heterocycles. The molecule has 0 fully saturated rings. The van der Waals surface area contributed by atoms with E-state index in [0.717, 1.165) is 12.8 Å². The molecular weight excluding hydrogens is 948 g/mol. The van der Waals surface area contributed by atoms with Crippen molar-refractivity contribution < 1.29 is 56.8 Å². The molecule has 350 valence electrons.